The average molecular weight is 293 g/mol. The minimum atomic E-state index is -0.486. The van der Waals surface area contributed by atoms with Crippen molar-refractivity contribution in [1.82, 2.24) is 4.98 Å². The van der Waals surface area contributed by atoms with E-state index < -0.39 is 5.83 Å². The molecule has 1 fully saturated rings. The van der Waals surface area contributed by atoms with E-state index in [4.69, 9.17) is 11.6 Å². The number of nitrogens with zero attached hydrogens (tertiary/aromatic N) is 2. The number of hydrogen-bond acceptors (Lipinski definition) is 2. The van der Waals surface area contributed by atoms with Gasteiger partial charge in [-0.1, -0.05) is 31.7 Å². The van der Waals surface area contributed by atoms with Gasteiger partial charge in [0, 0.05) is 11.9 Å². The zero-order valence-electron chi connectivity index (χ0n) is 11.6. The maximum absolute atomic E-state index is 14.3. The Balaban J connectivity index is 2.48. The third-order valence-corrected chi connectivity index (χ3v) is 3.50. The largest absolute Gasteiger partial charge is 0.314 e. The molecule has 0 aliphatic heterocycles. The van der Waals surface area contributed by atoms with Gasteiger partial charge in [-0.05, 0) is 37.3 Å². The Morgan fingerprint density at radius 2 is 2.20 bits per heavy atom. The van der Waals surface area contributed by atoms with Crippen LogP contribution in [0.25, 0.3) is 0 Å². The predicted molar refractivity (Wildman–Crippen MR) is 82.0 cm³/mol. The highest BCUT2D eigenvalue weighted by Crippen LogP contribution is 2.42. The van der Waals surface area contributed by atoms with E-state index in [9.17, 15) is 4.39 Å². The van der Waals surface area contributed by atoms with Crippen LogP contribution in [0.4, 0.5) is 10.1 Å². The number of hydrogen-bond donors (Lipinski definition) is 0. The molecule has 1 heterocycles. The highest BCUT2D eigenvalue weighted by molar-refractivity contribution is 6.31. The summed E-state index contributed by atoms with van der Waals surface area (Å²) in [4.78, 5) is 5.93. The summed E-state index contributed by atoms with van der Waals surface area (Å²) in [7, 11) is 0. The standard InChI is InChI=1S/C16H18ClFN2/c1-4-15(16(18)11(2)17)20(12(3)13-7-8-13)14-6-5-9-19-10-14/h5-6,9-10,13H,2-4,7-8H2,1H3/b16-15-. The summed E-state index contributed by atoms with van der Waals surface area (Å²) in [5.74, 6) is -0.0760. The number of allylic oxidation sites excluding steroid dienone is 4. The van der Waals surface area contributed by atoms with Crippen molar-refractivity contribution in [1.29, 1.82) is 0 Å². The van der Waals surface area contributed by atoms with E-state index >= 15 is 0 Å². The van der Waals surface area contributed by atoms with Crippen molar-refractivity contribution >= 4 is 17.3 Å². The van der Waals surface area contributed by atoms with Gasteiger partial charge in [-0.2, -0.15) is 0 Å². The quantitative estimate of drug-likeness (QED) is 0.674. The molecule has 2 rings (SSSR count). The van der Waals surface area contributed by atoms with Crippen molar-refractivity contribution in [2.75, 3.05) is 4.90 Å². The second kappa shape index (κ2) is 6.23. The van der Waals surface area contributed by atoms with Gasteiger partial charge in [0.25, 0.3) is 0 Å². The third-order valence-electron chi connectivity index (χ3n) is 3.34. The van der Waals surface area contributed by atoms with E-state index in [1.165, 1.54) is 0 Å². The highest BCUT2D eigenvalue weighted by atomic mass is 35.5. The maximum atomic E-state index is 14.3. The molecule has 0 N–H and O–H groups in total. The van der Waals surface area contributed by atoms with Gasteiger partial charge >= 0.3 is 0 Å². The Morgan fingerprint density at radius 3 is 2.65 bits per heavy atom. The fourth-order valence-electron chi connectivity index (χ4n) is 2.15. The molecule has 0 saturated heterocycles. The lowest BCUT2D eigenvalue weighted by atomic mass is 10.1. The summed E-state index contributed by atoms with van der Waals surface area (Å²) in [6, 6.07) is 3.71. The molecule has 0 unspecified atom stereocenters. The number of aromatic nitrogens is 1. The second-order valence-corrected chi connectivity index (χ2v) is 5.29. The first-order valence-corrected chi connectivity index (χ1v) is 7.06. The second-order valence-electron chi connectivity index (χ2n) is 4.83. The molecule has 0 spiro atoms. The lowest BCUT2D eigenvalue weighted by Crippen LogP contribution is -2.23. The summed E-state index contributed by atoms with van der Waals surface area (Å²) in [5.41, 5.74) is 2.17. The van der Waals surface area contributed by atoms with Crippen LogP contribution in [-0.4, -0.2) is 4.98 Å². The summed E-state index contributed by atoms with van der Waals surface area (Å²) >= 11 is 5.73. The minimum Gasteiger partial charge on any atom is -0.314 e. The Labute approximate surface area is 124 Å². The van der Waals surface area contributed by atoms with Crippen molar-refractivity contribution in [3.05, 3.63) is 59.9 Å². The third kappa shape index (κ3) is 3.10. The van der Waals surface area contributed by atoms with Crippen LogP contribution >= 0.6 is 11.6 Å². The number of halogens is 2. The van der Waals surface area contributed by atoms with Gasteiger partial charge in [-0.15, -0.1) is 0 Å². The topological polar surface area (TPSA) is 16.1 Å². The molecule has 1 aliphatic carbocycles. The van der Waals surface area contributed by atoms with Gasteiger partial charge in [-0.25, -0.2) is 4.39 Å². The van der Waals surface area contributed by atoms with Crippen molar-refractivity contribution in [2.45, 2.75) is 26.2 Å². The maximum Gasteiger partial charge on any atom is 0.160 e. The first-order chi connectivity index (χ1) is 9.56. The van der Waals surface area contributed by atoms with Crippen molar-refractivity contribution in [3.8, 4) is 0 Å². The molecule has 1 aromatic heterocycles. The smallest absolute Gasteiger partial charge is 0.160 e. The number of pyridine rings is 1. The number of rotatable bonds is 6. The van der Waals surface area contributed by atoms with Gasteiger partial charge in [0.15, 0.2) is 5.83 Å². The molecule has 0 aromatic carbocycles. The van der Waals surface area contributed by atoms with Crippen LogP contribution in [0.3, 0.4) is 0 Å². The zero-order valence-corrected chi connectivity index (χ0v) is 12.3. The molecule has 1 saturated carbocycles. The van der Waals surface area contributed by atoms with E-state index in [0.717, 1.165) is 24.2 Å². The van der Waals surface area contributed by atoms with Crippen molar-refractivity contribution < 1.29 is 4.39 Å². The number of anilines is 1. The molecule has 20 heavy (non-hydrogen) atoms. The highest BCUT2D eigenvalue weighted by Gasteiger charge is 2.31. The van der Waals surface area contributed by atoms with E-state index in [1.807, 2.05) is 24.0 Å². The lowest BCUT2D eigenvalue weighted by molar-refractivity contribution is 0.635. The van der Waals surface area contributed by atoms with E-state index in [1.54, 1.807) is 12.4 Å². The Bertz CT molecular complexity index is 547. The van der Waals surface area contributed by atoms with Crippen molar-refractivity contribution in [2.24, 2.45) is 5.92 Å². The van der Waals surface area contributed by atoms with Crippen LogP contribution in [0.2, 0.25) is 0 Å². The summed E-state index contributed by atoms with van der Waals surface area (Å²) in [6.45, 7) is 9.50. The van der Waals surface area contributed by atoms with Crippen LogP contribution in [0.5, 0.6) is 0 Å². The molecule has 0 atom stereocenters. The summed E-state index contributed by atoms with van der Waals surface area (Å²) in [6.07, 6.45) is 6.07. The molecule has 2 nitrogen and oxygen atoms in total. The van der Waals surface area contributed by atoms with E-state index in [-0.39, 0.29) is 5.03 Å². The SMILES string of the molecule is C=C(Cl)/C(F)=C(\CC)N(C(=C)C1CC1)c1cccnc1. The van der Waals surface area contributed by atoms with Crippen LogP contribution in [0.1, 0.15) is 26.2 Å². The molecule has 4 heteroatoms. The fourth-order valence-corrected chi connectivity index (χ4v) is 2.26. The molecule has 1 aliphatic rings. The van der Waals surface area contributed by atoms with Crippen LogP contribution < -0.4 is 4.90 Å². The predicted octanol–water partition coefficient (Wildman–Crippen LogP) is 5.16. The normalized spacial score (nSPS) is 15.6. The lowest BCUT2D eigenvalue weighted by Gasteiger charge is -2.29. The van der Waals surface area contributed by atoms with Crippen LogP contribution in [0.15, 0.2) is 59.9 Å². The van der Waals surface area contributed by atoms with Gasteiger partial charge in [0.2, 0.25) is 0 Å². The van der Waals surface area contributed by atoms with E-state index in [2.05, 4.69) is 18.1 Å². The molecule has 0 amide bonds. The molecular formula is C16H18ClFN2. The van der Waals surface area contributed by atoms with Gasteiger partial charge in [-0.3, -0.25) is 4.98 Å². The first kappa shape index (κ1) is 14.8. The van der Waals surface area contributed by atoms with E-state index in [0.29, 0.717) is 18.0 Å². The first-order valence-electron chi connectivity index (χ1n) is 6.68. The molecular weight excluding hydrogens is 275 g/mol. The van der Waals surface area contributed by atoms with Crippen LogP contribution in [-0.2, 0) is 0 Å². The summed E-state index contributed by atoms with van der Waals surface area (Å²) < 4.78 is 14.3. The Morgan fingerprint density at radius 1 is 1.50 bits per heavy atom. The average Bonchev–Trinajstić information content (AvgIpc) is 3.28. The Kier molecular flexibility index (Phi) is 4.61. The molecule has 0 bridgehead atoms. The minimum absolute atomic E-state index is 0.0839. The van der Waals surface area contributed by atoms with Gasteiger partial charge in [0.1, 0.15) is 0 Å². The Hall–Kier alpha value is -1.61. The molecule has 0 radical (unpaired) electrons. The van der Waals surface area contributed by atoms with Crippen LogP contribution in [0, 0.1) is 5.92 Å². The summed E-state index contributed by atoms with van der Waals surface area (Å²) in [5, 5.41) is -0.0839. The monoisotopic (exact) mass is 292 g/mol. The van der Waals surface area contributed by atoms with Gasteiger partial charge < -0.3 is 4.90 Å². The van der Waals surface area contributed by atoms with Crippen molar-refractivity contribution in [3.63, 3.8) is 0 Å². The fraction of sp³-hybridized carbons (Fsp3) is 0.312. The van der Waals surface area contributed by atoms with Gasteiger partial charge in [0.05, 0.1) is 22.6 Å². The molecule has 1 aromatic rings. The zero-order chi connectivity index (χ0) is 14.7. The molecule has 106 valence electrons.